The van der Waals surface area contributed by atoms with Crippen LogP contribution in [-0.2, 0) is 63.6 Å². The quantitative estimate of drug-likeness (QED) is 0.0303. The van der Waals surface area contributed by atoms with Gasteiger partial charge in [0.05, 0.1) is 77.8 Å². The number of phenols is 2. The van der Waals surface area contributed by atoms with Crippen molar-refractivity contribution in [2.75, 3.05) is 20.3 Å². The van der Waals surface area contributed by atoms with Gasteiger partial charge < -0.3 is 89.8 Å². The van der Waals surface area contributed by atoms with Crippen LogP contribution in [0.25, 0.3) is 0 Å². The first-order valence-corrected chi connectivity index (χ1v) is 32.9. The van der Waals surface area contributed by atoms with E-state index in [0.29, 0.717) is 5.56 Å². The molecule has 0 unspecified atom stereocenters. The van der Waals surface area contributed by atoms with E-state index in [-0.39, 0.29) is 69.7 Å². The average Bonchev–Trinajstić information content (AvgIpc) is 0.670. The lowest BCUT2D eigenvalue weighted by atomic mass is 9.44. The first-order valence-electron chi connectivity index (χ1n) is 32.9. The number of nitrogens with one attached hydrogen (secondary N) is 1. The number of hydrogen-bond acceptors (Lipinski definition) is 26. The second-order valence-electron chi connectivity index (χ2n) is 27.5. The van der Waals surface area contributed by atoms with Crippen molar-refractivity contribution in [1.29, 1.82) is 0 Å². The van der Waals surface area contributed by atoms with E-state index in [4.69, 9.17) is 43.6 Å². The van der Waals surface area contributed by atoms with Gasteiger partial charge in [0, 0.05) is 79.7 Å². The van der Waals surface area contributed by atoms with Crippen LogP contribution in [0.3, 0.4) is 0 Å². The topological polar surface area (TPSA) is 427 Å². The molecule has 2 aliphatic heterocycles. The van der Waals surface area contributed by atoms with Gasteiger partial charge in [0.25, 0.3) is 5.91 Å². The van der Waals surface area contributed by atoms with Crippen LogP contribution >= 0.6 is 0 Å². The zero-order valence-electron chi connectivity index (χ0n) is 56.4. The van der Waals surface area contributed by atoms with Crippen LogP contribution in [0.2, 0.25) is 0 Å². The minimum absolute atomic E-state index is 0.00289. The van der Waals surface area contributed by atoms with Crippen molar-refractivity contribution in [3.63, 3.8) is 0 Å². The number of nitrogens with two attached hydrogens (primary N) is 1. The number of methoxy groups -OCH3 is 1. The number of ketones is 4. The van der Waals surface area contributed by atoms with Crippen molar-refractivity contribution < 1.29 is 122 Å². The Morgan fingerprint density at radius 3 is 1.96 bits per heavy atom. The lowest BCUT2D eigenvalue weighted by Gasteiger charge is -2.67. The van der Waals surface area contributed by atoms with Gasteiger partial charge in [-0.25, -0.2) is 9.59 Å². The third-order valence-corrected chi connectivity index (χ3v) is 21.3. The summed E-state index contributed by atoms with van der Waals surface area (Å²) in [6, 6.07) is 26.6. The summed E-state index contributed by atoms with van der Waals surface area (Å²) in [6.07, 6.45) is -15.6. The largest absolute Gasteiger partial charge is 0.507 e. The summed E-state index contributed by atoms with van der Waals surface area (Å²) in [5.74, 6) is -10.6. The van der Waals surface area contributed by atoms with E-state index >= 15 is 4.79 Å². The van der Waals surface area contributed by atoms with Crippen molar-refractivity contribution >= 4 is 52.9 Å². The van der Waals surface area contributed by atoms with Gasteiger partial charge >= 0.3 is 23.9 Å². The predicted molar refractivity (Wildman–Crippen MR) is 349 cm³/mol. The lowest BCUT2D eigenvalue weighted by molar-refractivity contribution is -0.346. The maximum absolute atomic E-state index is 15.5. The fourth-order valence-corrected chi connectivity index (χ4v) is 15.9. The smallest absolute Gasteiger partial charge is 0.338 e. The number of aromatic hydroxyl groups is 2. The van der Waals surface area contributed by atoms with Crippen molar-refractivity contribution in [2.45, 2.75) is 171 Å². The third-order valence-electron chi connectivity index (χ3n) is 21.3. The number of hydrogen-bond donors (Lipinski definition) is 10. The Morgan fingerprint density at radius 2 is 1.38 bits per heavy atom. The first-order chi connectivity index (χ1) is 47.7. The molecule has 2 saturated heterocycles. The molecule has 27 heteroatoms. The highest BCUT2D eigenvalue weighted by Gasteiger charge is 2.78. The Bertz CT molecular complexity index is 4170. The highest BCUT2D eigenvalue weighted by Crippen LogP contribution is 2.65. The lowest BCUT2D eigenvalue weighted by Crippen LogP contribution is -2.82. The number of carbonyl (C=O) groups is 9. The molecule has 11 N–H and O–H groups in total. The molecule has 2 heterocycles. The average molecular weight is 1400 g/mol. The highest BCUT2D eigenvalue weighted by atomic mass is 16.7. The van der Waals surface area contributed by atoms with Crippen molar-refractivity contribution in [3.05, 3.63) is 170 Å². The van der Waals surface area contributed by atoms with Crippen LogP contribution in [0.5, 0.6) is 17.2 Å². The van der Waals surface area contributed by atoms with E-state index in [9.17, 15) is 79.2 Å². The van der Waals surface area contributed by atoms with Gasteiger partial charge in [0.1, 0.15) is 53.4 Å². The van der Waals surface area contributed by atoms with Crippen molar-refractivity contribution in [2.24, 2.45) is 22.5 Å². The molecule has 12 rings (SSSR count). The van der Waals surface area contributed by atoms with Crippen LogP contribution in [0.4, 0.5) is 0 Å². The fraction of sp³-hybridized carbons (Fsp3) is 0.446. The molecular formula is C74H80N2O25. The number of aliphatic hydroxyl groups excluding tert-OH is 4. The molecule has 536 valence electrons. The minimum atomic E-state index is -2.39. The number of rotatable bonds is 15. The minimum Gasteiger partial charge on any atom is -0.507 e. The van der Waals surface area contributed by atoms with Crippen molar-refractivity contribution in [1.82, 2.24) is 5.32 Å². The Labute approximate surface area is 579 Å². The Hall–Kier alpha value is -9.13. The summed E-state index contributed by atoms with van der Waals surface area (Å²) in [7, 11) is 1.32. The molecular weight excluding hydrogens is 1320 g/mol. The SMILES string of the molecule is CC(=O)O[C@H]1C(=O)[C@@]2(C)[C@H]([C@H](OC(=O)c3ccccc3)[C@]3(O)C[C@H](OC(=O)[C@H](O)[C@@H](NC(=O)c4ccccc4)c4ccccc4)C(C)=C1C3(C)C)[C@]1(OC(C)=O)CO[C@@H]1C[C@@H]2O.COc1cccc2c1C(=O)c1c(O)c3c(c(O)c1C2=O)C[C@@](O)(C(=O)CO)C[C@@H]3O[C@H]1C[C@H](N)[C@H](O)[C@H](C)O1. The second-order valence-corrected chi connectivity index (χ2v) is 27.5. The van der Waals surface area contributed by atoms with E-state index in [2.05, 4.69) is 5.32 Å². The number of carbonyl (C=O) groups excluding carboxylic acids is 9. The van der Waals surface area contributed by atoms with Crippen molar-refractivity contribution in [3.8, 4) is 17.2 Å². The number of benzene rings is 5. The molecule has 2 saturated carbocycles. The maximum atomic E-state index is 15.5. The van der Waals surface area contributed by atoms with E-state index in [1.165, 1.54) is 51.3 Å². The van der Waals surface area contributed by atoms with Crippen LogP contribution in [0.15, 0.2) is 120 Å². The highest BCUT2D eigenvalue weighted by molar-refractivity contribution is 6.31. The fourth-order valence-electron chi connectivity index (χ4n) is 15.9. The number of ether oxygens (including phenoxy) is 8. The molecule has 0 radical (unpaired) electrons. The molecule has 4 fully saturated rings. The van der Waals surface area contributed by atoms with Gasteiger partial charge in [-0.1, -0.05) is 92.7 Å². The summed E-state index contributed by atoms with van der Waals surface area (Å²) in [5.41, 5.74) is -4.65. The number of esters is 4. The Morgan fingerprint density at radius 1 is 0.752 bits per heavy atom. The monoisotopic (exact) mass is 1400 g/mol. The van der Waals surface area contributed by atoms with Crippen LogP contribution in [-0.4, -0.2) is 192 Å². The van der Waals surface area contributed by atoms with Gasteiger partial charge in [0.15, 0.2) is 41.4 Å². The molecule has 17 atom stereocenters. The van der Waals surface area contributed by atoms with Gasteiger partial charge in [-0.3, -0.25) is 33.6 Å². The summed E-state index contributed by atoms with van der Waals surface area (Å²) < 4.78 is 47.3. The van der Waals surface area contributed by atoms with E-state index < -0.39 is 208 Å². The molecule has 0 aromatic heterocycles. The zero-order chi connectivity index (χ0) is 73.3. The molecule has 7 aliphatic rings. The molecule has 5 aliphatic carbocycles. The van der Waals surface area contributed by atoms with Gasteiger partial charge in [-0.2, -0.15) is 0 Å². The number of amides is 1. The second kappa shape index (κ2) is 27.7. The van der Waals surface area contributed by atoms with Crippen LogP contribution in [0.1, 0.15) is 156 Å². The molecule has 101 heavy (non-hydrogen) atoms. The summed E-state index contributed by atoms with van der Waals surface area (Å²) >= 11 is 0. The van der Waals surface area contributed by atoms with E-state index in [1.54, 1.807) is 99.6 Å². The zero-order valence-corrected chi connectivity index (χ0v) is 56.4. The van der Waals surface area contributed by atoms with Gasteiger partial charge in [0.2, 0.25) is 5.78 Å². The molecule has 1 amide bonds. The number of fused-ring (bicyclic) bond motifs is 8. The van der Waals surface area contributed by atoms with Gasteiger partial charge in [-0.05, 0) is 67.8 Å². The Kier molecular flexibility index (Phi) is 20.0. The summed E-state index contributed by atoms with van der Waals surface area (Å²) in [6.45, 7) is 8.53. The Balaban J connectivity index is 0.000000225. The predicted octanol–water partition coefficient (Wildman–Crippen LogP) is 3.74. The van der Waals surface area contributed by atoms with Crippen LogP contribution < -0.4 is 15.8 Å². The summed E-state index contributed by atoms with van der Waals surface area (Å²) in [5, 5.41) is 93.9. The molecule has 5 aromatic rings. The van der Waals surface area contributed by atoms with Gasteiger partial charge in [-0.15, -0.1) is 0 Å². The number of aliphatic hydroxyl groups is 6. The van der Waals surface area contributed by atoms with E-state index in [1.807, 2.05) is 0 Å². The van der Waals surface area contributed by atoms with Crippen LogP contribution in [0, 0.1) is 16.7 Å². The third kappa shape index (κ3) is 12.5. The molecule has 5 aromatic carbocycles. The van der Waals surface area contributed by atoms with E-state index in [0.717, 1.165) is 13.8 Å². The standard InChI is InChI=1S/C47H51NO14.C27H29NO11/c1-25-31(60-43(56)36(52)35(28-16-10-7-11-17-28)48-41(54)29-18-12-8-13-19-29)23-47(57)40(61-42(55)30-20-14-9-15-21-30)38-45(6,32(51)22-33-46(38,24-58-33)62-27(3)50)39(53)37(59-26(2)49)34(25)44(47,4)5;1-10-22(31)13(28)6-17(38-10)39-15-8-27(36,16(30)9-29)7-12-19(15)26(35)21-20(24(12)33)23(32)11-4-3-5-14(37-2)18(11)25(21)34/h7-21,31-33,35-38,40,51-52,57H,22-24H2,1-6H3,(H,48,54);3-5,10,13,15,17,22,29,31,33,35-36H,6-9,28H2,1-2H3/t31-,32-,33+,35-,36+,37+,38-,40-,45+,46-,47+;10-,13-,15-,17-,22+,27-/m00/s1. The molecule has 27 nitrogen and oxygen atoms in total. The molecule has 0 spiro atoms. The summed E-state index contributed by atoms with van der Waals surface area (Å²) in [4.78, 5) is 123. The normalized spacial score (nSPS) is 31.1. The number of Topliss-reactive ketones (excluding diaryl/α,β-unsaturated/α-hetero) is 2. The number of phenolic OH excluding ortho intramolecular Hbond substituents is 2. The molecule has 2 bridgehead atoms. The first kappa shape index (κ1) is 73.1. The maximum Gasteiger partial charge on any atom is 0.338 e.